The number of nitrogens with zero attached hydrogens (tertiary/aromatic N) is 3. The minimum absolute atomic E-state index is 0.646. The van der Waals surface area contributed by atoms with Gasteiger partial charge in [-0.1, -0.05) is 17.7 Å². The lowest BCUT2D eigenvalue weighted by Crippen LogP contribution is -2.30. The summed E-state index contributed by atoms with van der Waals surface area (Å²) in [6.45, 7) is 3.17. The smallest absolute Gasteiger partial charge is 0.213 e. The fraction of sp³-hybridized carbons (Fsp3) is 0.429. The molecule has 1 saturated heterocycles. The Labute approximate surface area is 164 Å². The van der Waals surface area contributed by atoms with Gasteiger partial charge in [0.25, 0.3) is 0 Å². The van der Waals surface area contributed by atoms with Crippen LogP contribution in [0.15, 0.2) is 36.5 Å². The third-order valence-corrected chi connectivity index (χ3v) is 5.62. The van der Waals surface area contributed by atoms with Crippen molar-refractivity contribution in [2.75, 3.05) is 26.7 Å². The van der Waals surface area contributed by atoms with E-state index in [1.54, 1.807) is 6.20 Å². The number of benzene rings is 1. The van der Waals surface area contributed by atoms with Crippen molar-refractivity contribution in [2.24, 2.45) is 5.92 Å². The van der Waals surface area contributed by atoms with Gasteiger partial charge in [-0.3, -0.25) is 0 Å². The maximum Gasteiger partial charge on any atom is 0.213 e. The number of aromatic amines is 1. The van der Waals surface area contributed by atoms with Crippen LogP contribution in [-0.2, 0) is 0 Å². The van der Waals surface area contributed by atoms with Crippen LogP contribution in [0.5, 0.6) is 5.88 Å². The van der Waals surface area contributed by atoms with E-state index >= 15 is 0 Å². The zero-order chi connectivity index (χ0) is 18.6. The quantitative estimate of drug-likeness (QED) is 0.621. The highest BCUT2D eigenvalue weighted by Gasteiger charge is 2.16. The molecule has 3 aromatic rings. The highest BCUT2D eigenvalue weighted by Crippen LogP contribution is 2.26. The molecule has 0 spiro atoms. The molecule has 0 radical (unpaired) electrons. The van der Waals surface area contributed by atoms with E-state index < -0.39 is 0 Å². The van der Waals surface area contributed by atoms with E-state index in [2.05, 4.69) is 26.9 Å². The second-order valence-electron chi connectivity index (χ2n) is 7.34. The van der Waals surface area contributed by atoms with Crippen LogP contribution in [0.1, 0.15) is 25.7 Å². The molecule has 6 heteroatoms. The van der Waals surface area contributed by atoms with Gasteiger partial charge in [-0.05, 0) is 69.9 Å². The fourth-order valence-electron chi connectivity index (χ4n) is 3.64. The Kier molecular flexibility index (Phi) is 5.60. The van der Waals surface area contributed by atoms with E-state index in [9.17, 15) is 0 Å². The standard InChI is InChI=1S/C21H25ClN4O/c1-26-11-9-15(10-12-26)4-3-13-27-19-8-7-16(14-23-19)21-24-18-6-2-5-17(22)20(18)25-21/h2,5-8,14-15H,3-4,9-13H2,1H3,(H,24,25). The topological polar surface area (TPSA) is 54.0 Å². The minimum atomic E-state index is 0.646. The molecule has 0 saturated carbocycles. The van der Waals surface area contributed by atoms with Gasteiger partial charge in [0, 0.05) is 17.8 Å². The molecular weight excluding hydrogens is 360 g/mol. The van der Waals surface area contributed by atoms with Crippen molar-refractivity contribution in [1.82, 2.24) is 19.9 Å². The number of imidazole rings is 1. The summed E-state index contributed by atoms with van der Waals surface area (Å²) in [7, 11) is 2.20. The average molecular weight is 385 g/mol. The number of likely N-dealkylation sites (tertiary alicyclic amines) is 1. The molecule has 0 unspecified atom stereocenters. The van der Waals surface area contributed by atoms with Gasteiger partial charge in [0.2, 0.25) is 5.88 Å². The molecule has 5 nitrogen and oxygen atoms in total. The van der Waals surface area contributed by atoms with Crippen LogP contribution < -0.4 is 4.74 Å². The van der Waals surface area contributed by atoms with Crippen LogP contribution in [0.2, 0.25) is 5.02 Å². The number of hydrogen-bond acceptors (Lipinski definition) is 4. The van der Waals surface area contributed by atoms with Crippen LogP contribution in [0.3, 0.4) is 0 Å². The SMILES string of the molecule is CN1CCC(CCCOc2ccc(-c3nc4c(Cl)cccc4[nH]3)cn2)CC1. The Morgan fingerprint density at radius 3 is 2.81 bits per heavy atom. The molecule has 1 fully saturated rings. The van der Waals surface area contributed by atoms with Gasteiger partial charge in [-0.15, -0.1) is 0 Å². The third kappa shape index (κ3) is 4.42. The van der Waals surface area contributed by atoms with Gasteiger partial charge in [0.1, 0.15) is 11.3 Å². The van der Waals surface area contributed by atoms with Gasteiger partial charge in [0.15, 0.2) is 0 Å². The number of halogens is 1. The molecule has 1 aromatic carbocycles. The van der Waals surface area contributed by atoms with Gasteiger partial charge in [-0.2, -0.15) is 0 Å². The van der Waals surface area contributed by atoms with Crippen LogP contribution in [0, 0.1) is 5.92 Å². The number of hydrogen-bond donors (Lipinski definition) is 1. The number of rotatable bonds is 6. The van der Waals surface area contributed by atoms with E-state index in [1.807, 2.05) is 30.3 Å². The predicted octanol–water partition coefficient (Wildman–Crippen LogP) is 4.78. The number of piperidine rings is 1. The van der Waals surface area contributed by atoms with E-state index in [1.165, 1.54) is 32.4 Å². The van der Waals surface area contributed by atoms with Gasteiger partial charge in [0.05, 0.1) is 17.1 Å². The number of aromatic nitrogens is 3. The van der Waals surface area contributed by atoms with Crippen molar-refractivity contribution in [1.29, 1.82) is 0 Å². The number of para-hydroxylation sites is 1. The van der Waals surface area contributed by atoms with Crippen LogP contribution in [0.25, 0.3) is 22.4 Å². The first-order valence-electron chi connectivity index (χ1n) is 9.61. The van der Waals surface area contributed by atoms with Crippen molar-refractivity contribution >= 4 is 22.6 Å². The Bertz CT molecular complexity index is 885. The van der Waals surface area contributed by atoms with Gasteiger partial charge in [-0.25, -0.2) is 9.97 Å². The number of ether oxygens (including phenoxy) is 1. The molecule has 0 bridgehead atoms. The predicted molar refractivity (Wildman–Crippen MR) is 109 cm³/mol. The summed E-state index contributed by atoms with van der Waals surface area (Å²) in [5.41, 5.74) is 2.62. The Morgan fingerprint density at radius 2 is 2.07 bits per heavy atom. The summed E-state index contributed by atoms with van der Waals surface area (Å²) in [6.07, 6.45) is 6.74. The van der Waals surface area contributed by atoms with Crippen LogP contribution in [0.4, 0.5) is 0 Å². The van der Waals surface area contributed by atoms with E-state index in [0.29, 0.717) is 10.9 Å². The molecule has 0 aliphatic carbocycles. The highest BCUT2D eigenvalue weighted by atomic mass is 35.5. The molecule has 2 aromatic heterocycles. The maximum atomic E-state index is 6.20. The normalized spacial score (nSPS) is 16.1. The molecule has 0 amide bonds. The van der Waals surface area contributed by atoms with E-state index in [-0.39, 0.29) is 0 Å². The van der Waals surface area contributed by atoms with Crippen molar-refractivity contribution in [3.05, 3.63) is 41.6 Å². The van der Waals surface area contributed by atoms with Crippen molar-refractivity contribution < 1.29 is 4.74 Å². The van der Waals surface area contributed by atoms with E-state index in [0.717, 1.165) is 41.4 Å². The highest BCUT2D eigenvalue weighted by molar-refractivity contribution is 6.34. The molecule has 3 heterocycles. The van der Waals surface area contributed by atoms with Crippen molar-refractivity contribution in [3.8, 4) is 17.3 Å². The molecular formula is C21H25ClN4O. The first kappa shape index (κ1) is 18.3. The summed E-state index contributed by atoms with van der Waals surface area (Å²) in [6, 6.07) is 9.60. The Hall–Kier alpha value is -2.11. The molecule has 0 atom stereocenters. The minimum Gasteiger partial charge on any atom is -0.478 e. The molecule has 4 rings (SSSR count). The molecule has 1 aliphatic heterocycles. The number of pyridine rings is 1. The first-order chi connectivity index (χ1) is 13.2. The Balaban J connectivity index is 1.30. The molecule has 1 aliphatic rings. The number of nitrogens with one attached hydrogen (secondary N) is 1. The summed E-state index contributed by atoms with van der Waals surface area (Å²) in [5.74, 6) is 2.27. The summed E-state index contributed by atoms with van der Waals surface area (Å²) >= 11 is 6.20. The number of fused-ring (bicyclic) bond motifs is 1. The third-order valence-electron chi connectivity index (χ3n) is 5.32. The molecule has 142 valence electrons. The van der Waals surface area contributed by atoms with Crippen molar-refractivity contribution in [3.63, 3.8) is 0 Å². The summed E-state index contributed by atoms with van der Waals surface area (Å²) < 4.78 is 5.81. The monoisotopic (exact) mass is 384 g/mol. The Morgan fingerprint density at radius 1 is 1.22 bits per heavy atom. The largest absolute Gasteiger partial charge is 0.478 e. The lowest BCUT2D eigenvalue weighted by atomic mass is 9.93. The molecule has 27 heavy (non-hydrogen) atoms. The maximum absolute atomic E-state index is 6.20. The fourth-order valence-corrected chi connectivity index (χ4v) is 3.86. The molecule has 1 N–H and O–H groups in total. The first-order valence-corrected chi connectivity index (χ1v) is 9.99. The van der Waals surface area contributed by atoms with Crippen molar-refractivity contribution in [2.45, 2.75) is 25.7 Å². The summed E-state index contributed by atoms with van der Waals surface area (Å²) in [5, 5.41) is 0.646. The van der Waals surface area contributed by atoms with Gasteiger partial charge < -0.3 is 14.6 Å². The second kappa shape index (κ2) is 8.28. The number of H-pyrrole nitrogens is 1. The van der Waals surface area contributed by atoms with Crippen LogP contribution >= 0.6 is 11.6 Å². The van der Waals surface area contributed by atoms with Crippen LogP contribution in [-0.4, -0.2) is 46.6 Å². The zero-order valence-corrected chi connectivity index (χ0v) is 16.4. The average Bonchev–Trinajstić information content (AvgIpc) is 3.13. The summed E-state index contributed by atoms with van der Waals surface area (Å²) in [4.78, 5) is 14.7. The van der Waals surface area contributed by atoms with Gasteiger partial charge >= 0.3 is 0 Å². The lowest BCUT2D eigenvalue weighted by Gasteiger charge is -2.28. The lowest BCUT2D eigenvalue weighted by molar-refractivity contribution is 0.199. The van der Waals surface area contributed by atoms with E-state index in [4.69, 9.17) is 16.3 Å². The second-order valence-corrected chi connectivity index (χ2v) is 7.75. The zero-order valence-electron chi connectivity index (χ0n) is 15.6.